The van der Waals surface area contributed by atoms with Gasteiger partial charge in [0, 0.05) is 24.9 Å². The molecule has 0 aliphatic heterocycles. The van der Waals surface area contributed by atoms with Gasteiger partial charge in [-0.1, -0.05) is 6.92 Å². The number of amides is 1. The maximum atomic E-state index is 13.1. The van der Waals surface area contributed by atoms with E-state index in [4.69, 9.17) is 0 Å². The van der Waals surface area contributed by atoms with Crippen molar-refractivity contribution in [3.63, 3.8) is 0 Å². The number of nitrogens with zero attached hydrogens (tertiary/aromatic N) is 5. The van der Waals surface area contributed by atoms with Crippen LogP contribution in [0.15, 0.2) is 23.4 Å². The first-order valence-electron chi connectivity index (χ1n) is 9.28. The van der Waals surface area contributed by atoms with Gasteiger partial charge in [0.1, 0.15) is 10.6 Å². The number of rotatable bonds is 6. The number of anilines is 2. The second-order valence-electron chi connectivity index (χ2n) is 6.69. The number of carbonyl (C=O) groups excluding carboxylic acids is 1. The van der Waals surface area contributed by atoms with Crippen LogP contribution in [0.2, 0.25) is 0 Å². The smallest absolute Gasteiger partial charge is 0.370 e. The van der Waals surface area contributed by atoms with E-state index in [0.717, 1.165) is 24.6 Å². The third-order valence-corrected chi connectivity index (χ3v) is 5.44. The van der Waals surface area contributed by atoms with Crippen LogP contribution in [0.1, 0.15) is 47.4 Å². The summed E-state index contributed by atoms with van der Waals surface area (Å²) in [6.45, 7) is 1.92. The van der Waals surface area contributed by atoms with E-state index in [2.05, 4.69) is 30.9 Å². The normalized spacial score (nSPS) is 14.2. The van der Waals surface area contributed by atoms with E-state index in [0.29, 0.717) is 22.3 Å². The predicted molar refractivity (Wildman–Crippen MR) is 106 cm³/mol. The number of aromatic nitrogens is 5. The van der Waals surface area contributed by atoms with E-state index in [1.54, 1.807) is 10.7 Å². The van der Waals surface area contributed by atoms with Gasteiger partial charge in [0.2, 0.25) is 0 Å². The van der Waals surface area contributed by atoms with Crippen molar-refractivity contribution in [3.8, 4) is 0 Å². The third-order valence-electron chi connectivity index (χ3n) is 4.59. The molecule has 0 spiro atoms. The van der Waals surface area contributed by atoms with Crippen LogP contribution in [0.4, 0.5) is 24.7 Å². The summed E-state index contributed by atoms with van der Waals surface area (Å²) in [4.78, 5) is 17.5. The van der Waals surface area contributed by atoms with E-state index < -0.39 is 17.8 Å². The van der Waals surface area contributed by atoms with Crippen LogP contribution in [-0.2, 0) is 6.18 Å². The summed E-state index contributed by atoms with van der Waals surface area (Å²) in [6.07, 6.45) is -0.972. The third kappa shape index (κ3) is 3.78. The Morgan fingerprint density at radius 2 is 2.10 bits per heavy atom. The summed E-state index contributed by atoms with van der Waals surface area (Å²) in [7, 11) is 1.48. The molecule has 12 heteroatoms. The fourth-order valence-electron chi connectivity index (χ4n) is 3.06. The van der Waals surface area contributed by atoms with E-state index >= 15 is 0 Å². The number of thioether (sulfide) groups is 1. The van der Waals surface area contributed by atoms with Crippen LogP contribution in [0, 0.1) is 0 Å². The summed E-state index contributed by atoms with van der Waals surface area (Å²) in [5.41, 5.74) is 0.232. The fourth-order valence-corrected chi connectivity index (χ4v) is 3.80. The highest BCUT2D eigenvalue weighted by atomic mass is 32.2. The van der Waals surface area contributed by atoms with Gasteiger partial charge < -0.3 is 10.6 Å². The zero-order chi connectivity index (χ0) is 21.5. The monoisotopic (exact) mass is 437 g/mol. The minimum absolute atomic E-state index is 0.0177. The van der Waals surface area contributed by atoms with Gasteiger partial charge in [-0.2, -0.15) is 18.3 Å². The molecule has 1 fully saturated rings. The number of hydrogen-bond donors (Lipinski definition) is 2. The molecule has 0 atom stereocenters. The summed E-state index contributed by atoms with van der Waals surface area (Å²) < 4.78 is 40.8. The lowest BCUT2D eigenvalue weighted by Gasteiger charge is -2.12. The molecule has 0 aromatic carbocycles. The Labute approximate surface area is 173 Å². The number of halogens is 3. The zero-order valence-corrected chi connectivity index (χ0v) is 16.9. The number of nitrogens with one attached hydrogen (secondary N) is 2. The number of alkyl halides is 3. The Morgan fingerprint density at radius 1 is 1.33 bits per heavy atom. The van der Waals surface area contributed by atoms with Crippen LogP contribution in [0.5, 0.6) is 0 Å². The minimum atomic E-state index is -4.69. The molecule has 3 aromatic rings. The SMILES string of the molecule is CCSc1nn2c(C3CC3)ccnc2c1C(=O)Nc1cc(C(F)(F)F)nnc1NC. The van der Waals surface area contributed by atoms with Crippen molar-refractivity contribution in [2.45, 2.75) is 36.9 Å². The summed E-state index contributed by atoms with van der Waals surface area (Å²) in [6, 6.07) is 2.62. The molecular weight excluding hydrogens is 419 g/mol. The fraction of sp³-hybridized carbons (Fsp3) is 0.389. The Hall–Kier alpha value is -2.89. The predicted octanol–water partition coefficient (Wildman–Crippen LogP) is 3.82. The summed E-state index contributed by atoms with van der Waals surface area (Å²) in [5, 5.41) is 16.9. The van der Waals surface area contributed by atoms with Crippen molar-refractivity contribution in [2.24, 2.45) is 0 Å². The lowest BCUT2D eigenvalue weighted by molar-refractivity contribution is -0.141. The van der Waals surface area contributed by atoms with Crippen molar-refractivity contribution in [1.29, 1.82) is 0 Å². The summed E-state index contributed by atoms with van der Waals surface area (Å²) in [5.74, 6) is 0.447. The molecule has 0 saturated heterocycles. The van der Waals surface area contributed by atoms with Gasteiger partial charge in [0.15, 0.2) is 17.2 Å². The van der Waals surface area contributed by atoms with Crippen molar-refractivity contribution in [1.82, 2.24) is 24.8 Å². The van der Waals surface area contributed by atoms with Crippen molar-refractivity contribution in [3.05, 3.63) is 35.3 Å². The van der Waals surface area contributed by atoms with Gasteiger partial charge in [-0.05, 0) is 30.7 Å². The number of hydrogen-bond acceptors (Lipinski definition) is 7. The maximum Gasteiger partial charge on any atom is 0.435 e. The first-order valence-corrected chi connectivity index (χ1v) is 10.3. The molecule has 0 radical (unpaired) electrons. The van der Waals surface area contributed by atoms with Crippen LogP contribution in [0.3, 0.4) is 0 Å². The molecule has 0 unspecified atom stereocenters. The Balaban J connectivity index is 1.77. The van der Waals surface area contributed by atoms with E-state index in [9.17, 15) is 18.0 Å². The van der Waals surface area contributed by atoms with Gasteiger partial charge in [-0.25, -0.2) is 9.50 Å². The van der Waals surface area contributed by atoms with E-state index in [1.807, 2.05) is 13.0 Å². The van der Waals surface area contributed by atoms with Gasteiger partial charge in [0.05, 0.1) is 5.69 Å². The minimum Gasteiger partial charge on any atom is -0.370 e. The Bertz CT molecular complexity index is 1110. The molecule has 158 valence electrons. The van der Waals surface area contributed by atoms with Crippen LogP contribution in [0.25, 0.3) is 5.65 Å². The van der Waals surface area contributed by atoms with Crippen LogP contribution in [-0.4, -0.2) is 43.5 Å². The van der Waals surface area contributed by atoms with Gasteiger partial charge in [-0.3, -0.25) is 4.79 Å². The second-order valence-corrected chi connectivity index (χ2v) is 7.94. The molecule has 0 bridgehead atoms. The molecule has 1 amide bonds. The van der Waals surface area contributed by atoms with E-state index in [-0.39, 0.29) is 17.1 Å². The number of carbonyl (C=O) groups is 1. The quantitative estimate of drug-likeness (QED) is 0.566. The maximum absolute atomic E-state index is 13.1. The largest absolute Gasteiger partial charge is 0.435 e. The molecular formula is C18H18F3N7OS. The molecule has 30 heavy (non-hydrogen) atoms. The highest BCUT2D eigenvalue weighted by Crippen LogP contribution is 2.40. The Kier molecular flexibility index (Phi) is 5.26. The average molecular weight is 437 g/mol. The molecule has 1 saturated carbocycles. The van der Waals surface area contributed by atoms with Gasteiger partial charge in [0.25, 0.3) is 5.91 Å². The molecule has 1 aliphatic rings. The average Bonchev–Trinajstić information content (AvgIpc) is 3.47. The number of fused-ring (bicyclic) bond motifs is 1. The van der Waals surface area contributed by atoms with Crippen molar-refractivity contribution in [2.75, 3.05) is 23.4 Å². The van der Waals surface area contributed by atoms with Crippen molar-refractivity contribution >= 4 is 34.8 Å². The van der Waals surface area contributed by atoms with Gasteiger partial charge >= 0.3 is 6.18 Å². The topological polar surface area (TPSA) is 97.1 Å². The standard InChI is InChI=1S/C18H18F3N7OS/c1-3-30-17-13(15-23-7-6-11(9-4-5-9)28(15)27-17)16(29)24-10-8-12(18(19,20)21)25-26-14(10)22-2/h6-9H,3-5H2,1-2H3,(H,22,26)(H,24,25,29). The highest BCUT2D eigenvalue weighted by molar-refractivity contribution is 7.99. The highest BCUT2D eigenvalue weighted by Gasteiger charge is 2.35. The van der Waals surface area contributed by atoms with Crippen LogP contribution >= 0.6 is 11.8 Å². The molecule has 3 aromatic heterocycles. The Morgan fingerprint density at radius 3 is 2.73 bits per heavy atom. The lowest BCUT2D eigenvalue weighted by atomic mass is 10.2. The molecule has 4 rings (SSSR count). The van der Waals surface area contributed by atoms with Crippen molar-refractivity contribution < 1.29 is 18.0 Å². The van der Waals surface area contributed by atoms with E-state index in [1.165, 1.54) is 18.8 Å². The first kappa shape index (κ1) is 20.4. The lowest BCUT2D eigenvalue weighted by Crippen LogP contribution is -2.17. The zero-order valence-electron chi connectivity index (χ0n) is 16.1. The molecule has 3 heterocycles. The molecule has 8 nitrogen and oxygen atoms in total. The summed E-state index contributed by atoms with van der Waals surface area (Å²) >= 11 is 1.37. The second kappa shape index (κ2) is 7.74. The first-order chi connectivity index (χ1) is 14.3. The van der Waals surface area contributed by atoms with Gasteiger partial charge in [-0.15, -0.1) is 22.0 Å². The van der Waals surface area contributed by atoms with Crippen LogP contribution < -0.4 is 10.6 Å². The molecule has 2 N–H and O–H groups in total. The molecule has 1 aliphatic carbocycles.